The Hall–Kier alpha value is -2.50. The molecule has 130 valence electrons. The third-order valence-corrected chi connectivity index (χ3v) is 3.76. The highest BCUT2D eigenvalue weighted by molar-refractivity contribution is 5.97. The first-order chi connectivity index (χ1) is 11.5. The standard InChI is InChI=1S/C18H23NO5/c1-5-11(3)19-16(20)10-23-18(21)17-12(4)14-9-13(22-6-2)7-8-15(14)24-17/h7-9,11H,5-6,10H2,1-4H3,(H,19,20). The second kappa shape index (κ2) is 7.86. The molecule has 0 saturated heterocycles. The highest BCUT2D eigenvalue weighted by atomic mass is 16.5. The number of rotatable bonds is 7. The van der Waals surface area contributed by atoms with Crippen molar-refractivity contribution in [2.24, 2.45) is 0 Å². The van der Waals surface area contributed by atoms with E-state index in [2.05, 4.69) is 5.32 Å². The third-order valence-electron chi connectivity index (χ3n) is 3.76. The molecule has 6 nitrogen and oxygen atoms in total. The molecule has 0 fully saturated rings. The van der Waals surface area contributed by atoms with Gasteiger partial charge in [-0.25, -0.2) is 4.79 Å². The Morgan fingerprint density at radius 3 is 2.71 bits per heavy atom. The normalized spacial score (nSPS) is 12.0. The van der Waals surface area contributed by atoms with E-state index >= 15 is 0 Å². The van der Waals surface area contributed by atoms with E-state index in [1.807, 2.05) is 26.8 Å². The summed E-state index contributed by atoms with van der Waals surface area (Å²) in [5.74, 6) is -0.164. The highest BCUT2D eigenvalue weighted by Crippen LogP contribution is 2.29. The number of ether oxygens (including phenoxy) is 2. The molecule has 1 amide bonds. The minimum atomic E-state index is -0.652. The molecule has 1 heterocycles. The van der Waals surface area contributed by atoms with E-state index in [0.29, 0.717) is 23.5 Å². The molecule has 0 spiro atoms. The van der Waals surface area contributed by atoms with Gasteiger partial charge in [-0.05, 0) is 45.4 Å². The van der Waals surface area contributed by atoms with Crippen molar-refractivity contribution < 1.29 is 23.5 Å². The smallest absolute Gasteiger partial charge is 0.375 e. The molecule has 0 bridgehead atoms. The molecule has 1 unspecified atom stereocenters. The van der Waals surface area contributed by atoms with E-state index in [0.717, 1.165) is 11.8 Å². The van der Waals surface area contributed by atoms with Gasteiger partial charge >= 0.3 is 5.97 Å². The molecule has 1 aromatic heterocycles. The Kier molecular flexibility index (Phi) is 5.84. The predicted octanol–water partition coefficient (Wildman–Crippen LogP) is 3.21. The summed E-state index contributed by atoms with van der Waals surface area (Å²) >= 11 is 0. The lowest BCUT2D eigenvalue weighted by molar-refractivity contribution is -0.124. The first kappa shape index (κ1) is 17.8. The number of amides is 1. The lowest BCUT2D eigenvalue weighted by atomic mass is 10.1. The summed E-state index contributed by atoms with van der Waals surface area (Å²) < 4.78 is 16.1. The van der Waals surface area contributed by atoms with Crippen LogP contribution in [0.2, 0.25) is 0 Å². The molecule has 0 radical (unpaired) electrons. The molecule has 0 saturated carbocycles. The fraction of sp³-hybridized carbons (Fsp3) is 0.444. The van der Waals surface area contributed by atoms with Crippen molar-refractivity contribution in [3.05, 3.63) is 29.5 Å². The topological polar surface area (TPSA) is 77.8 Å². The van der Waals surface area contributed by atoms with E-state index in [4.69, 9.17) is 13.9 Å². The van der Waals surface area contributed by atoms with Crippen molar-refractivity contribution in [2.45, 2.75) is 40.2 Å². The summed E-state index contributed by atoms with van der Waals surface area (Å²) in [6, 6.07) is 5.40. The van der Waals surface area contributed by atoms with Crippen molar-refractivity contribution in [3.63, 3.8) is 0 Å². The van der Waals surface area contributed by atoms with E-state index in [9.17, 15) is 9.59 Å². The van der Waals surface area contributed by atoms with Crippen LogP contribution in [-0.4, -0.2) is 31.1 Å². The van der Waals surface area contributed by atoms with Crippen LogP contribution in [-0.2, 0) is 9.53 Å². The lowest BCUT2D eigenvalue weighted by Gasteiger charge is -2.11. The number of furan rings is 1. The molecule has 0 aliphatic carbocycles. The van der Waals surface area contributed by atoms with Crippen LogP contribution in [0, 0.1) is 6.92 Å². The fourth-order valence-corrected chi connectivity index (χ4v) is 2.27. The van der Waals surface area contributed by atoms with Gasteiger partial charge in [0.2, 0.25) is 5.76 Å². The van der Waals surface area contributed by atoms with Gasteiger partial charge in [0.05, 0.1) is 6.61 Å². The van der Waals surface area contributed by atoms with Crippen molar-refractivity contribution in [1.29, 1.82) is 0 Å². The number of nitrogens with one attached hydrogen (secondary N) is 1. The van der Waals surface area contributed by atoms with Gasteiger partial charge in [-0.1, -0.05) is 6.92 Å². The second-order valence-electron chi connectivity index (χ2n) is 5.60. The van der Waals surface area contributed by atoms with Crippen LogP contribution in [0.4, 0.5) is 0 Å². The van der Waals surface area contributed by atoms with Crippen LogP contribution in [0.25, 0.3) is 11.0 Å². The maximum Gasteiger partial charge on any atom is 0.375 e. The molecule has 0 aliphatic heterocycles. The van der Waals surface area contributed by atoms with Crippen LogP contribution < -0.4 is 10.1 Å². The molecule has 1 atom stereocenters. The van der Waals surface area contributed by atoms with Gasteiger partial charge in [-0.3, -0.25) is 4.79 Å². The minimum Gasteiger partial charge on any atom is -0.494 e. The molecule has 24 heavy (non-hydrogen) atoms. The molecular formula is C18H23NO5. The van der Waals surface area contributed by atoms with Crippen molar-refractivity contribution in [3.8, 4) is 5.75 Å². The zero-order chi connectivity index (χ0) is 17.7. The van der Waals surface area contributed by atoms with Gasteiger partial charge in [0, 0.05) is 17.0 Å². The van der Waals surface area contributed by atoms with Gasteiger partial charge in [0.1, 0.15) is 11.3 Å². The number of aryl methyl sites for hydroxylation is 1. The maximum absolute atomic E-state index is 12.2. The average molecular weight is 333 g/mol. The number of carbonyl (C=O) groups is 2. The van der Waals surface area contributed by atoms with Crippen molar-refractivity contribution >= 4 is 22.8 Å². The Morgan fingerprint density at radius 2 is 2.04 bits per heavy atom. The van der Waals surface area contributed by atoms with Gasteiger partial charge in [0.15, 0.2) is 6.61 Å². The third kappa shape index (κ3) is 4.07. The second-order valence-corrected chi connectivity index (χ2v) is 5.60. The van der Waals surface area contributed by atoms with Gasteiger partial charge in [-0.2, -0.15) is 0 Å². The van der Waals surface area contributed by atoms with E-state index < -0.39 is 5.97 Å². The Bertz CT molecular complexity index is 734. The Morgan fingerprint density at radius 1 is 1.29 bits per heavy atom. The number of fused-ring (bicyclic) bond motifs is 1. The number of hydrogen-bond donors (Lipinski definition) is 1. The van der Waals surface area contributed by atoms with Gasteiger partial charge in [-0.15, -0.1) is 0 Å². The lowest BCUT2D eigenvalue weighted by Crippen LogP contribution is -2.35. The van der Waals surface area contributed by atoms with Crippen LogP contribution in [0.15, 0.2) is 22.6 Å². The van der Waals surface area contributed by atoms with Crippen molar-refractivity contribution in [2.75, 3.05) is 13.2 Å². The average Bonchev–Trinajstić information content (AvgIpc) is 2.89. The highest BCUT2D eigenvalue weighted by Gasteiger charge is 2.20. The number of esters is 1. The zero-order valence-electron chi connectivity index (χ0n) is 14.5. The summed E-state index contributed by atoms with van der Waals surface area (Å²) in [4.78, 5) is 23.9. The monoisotopic (exact) mass is 333 g/mol. The summed E-state index contributed by atoms with van der Waals surface area (Å²) in [6.45, 7) is 7.76. The van der Waals surface area contributed by atoms with Crippen molar-refractivity contribution in [1.82, 2.24) is 5.32 Å². The summed E-state index contributed by atoms with van der Waals surface area (Å²) in [7, 11) is 0. The van der Waals surface area contributed by atoms with E-state index in [-0.39, 0.29) is 24.3 Å². The fourth-order valence-electron chi connectivity index (χ4n) is 2.27. The van der Waals surface area contributed by atoms with E-state index in [1.54, 1.807) is 19.1 Å². The Balaban J connectivity index is 2.09. The molecule has 2 aromatic rings. The maximum atomic E-state index is 12.2. The SMILES string of the molecule is CCOc1ccc2oc(C(=O)OCC(=O)NC(C)CC)c(C)c2c1. The molecule has 6 heteroatoms. The zero-order valence-corrected chi connectivity index (χ0v) is 14.5. The van der Waals surface area contributed by atoms with E-state index in [1.165, 1.54) is 0 Å². The summed E-state index contributed by atoms with van der Waals surface area (Å²) in [5.41, 5.74) is 1.24. The first-order valence-electron chi connectivity index (χ1n) is 8.08. The van der Waals surface area contributed by atoms with Gasteiger partial charge < -0.3 is 19.2 Å². The minimum absolute atomic E-state index is 0.0427. The largest absolute Gasteiger partial charge is 0.494 e. The molecule has 1 aromatic carbocycles. The number of benzene rings is 1. The molecule has 0 aliphatic rings. The summed E-state index contributed by atoms with van der Waals surface area (Å²) in [6.07, 6.45) is 0.810. The van der Waals surface area contributed by atoms with Crippen LogP contribution in [0.1, 0.15) is 43.3 Å². The predicted molar refractivity (Wildman–Crippen MR) is 90.3 cm³/mol. The molecule has 1 N–H and O–H groups in total. The summed E-state index contributed by atoms with van der Waals surface area (Å²) in [5, 5.41) is 3.52. The number of hydrogen-bond acceptors (Lipinski definition) is 5. The molecule has 2 rings (SSSR count). The Labute approximate surface area is 141 Å². The van der Waals surface area contributed by atoms with Crippen LogP contribution in [0.3, 0.4) is 0 Å². The van der Waals surface area contributed by atoms with Crippen LogP contribution >= 0.6 is 0 Å². The molecular weight excluding hydrogens is 310 g/mol. The first-order valence-corrected chi connectivity index (χ1v) is 8.08. The quantitative estimate of drug-likeness (QED) is 0.787. The van der Waals surface area contributed by atoms with Crippen LogP contribution in [0.5, 0.6) is 5.75 Å². The van der Waals surface area contributed by atoms with Gasteiger partial charge in [0.25, 0.3) is 5.91 Å². The number of carbonyl (C=O) groups excluding carboxylic acids is 2.